The maximum absolute atomic E-state index is 6.59. The summed E-state index contributed by atoms with van der Waals surface area (Å²) in [6.07, 6.45) is 10.7. The van der Waals surface area contributed by atoms with Crippen molar-refractivity contribution in [1.29, 1.82) is 0 Å². The summed E-state index contributed by atoms with van der Waals surface area (Å²) in [5.74, 6) is 3.03. The van der Waals surface area contributed by atoms with E-state index in [2.05, 4.69) is 0 Å². The van der Waals surface area contributed by atoms with Crippen LogP contribution in [0.2, 0.25) is 0 Å². The molecule has 2 saturated carbocycles. The molecule has 0 aromatic heterocycles. The average molecular weight is 223 g/mol. The molecule has 2 N–H and O–H groups in total. The summed E-state index contributed by atoms with van der Waals surface area (Å²) in [6, 6.07) is 0. The fourth-order valence-corrected chi connectivity index (χ4v) is 4.38. The van der Waals surface area contributed by atoms with E-state index in [0.29, 0.717) is 0 Å². The molecule has 0 spiro atoms. The van der Waals surface area contributed by atoms with E-state index in [1.807, 2.05) is 0 Å². The summed E-state index contributed by atoms with van der Waals surface area (Å²) in [6.45, 7) is 1.81. The predicted molar refractivity (Wildman–Crippen MR) is 65.1 cm³/mol. The molecule has 2 bridgehead atoms. The second-order valence-corrected chi connectivity index (χ2v) is 6.47. The SMILES string of the molecule is NC1(CC2CC3CCC2C3)CCCOCC1. The van der Waals surface area contributed by atoms with E-state index in [1.54, 1.807) is 0 Å². The van der Waals surface area contributed by atoms with E-state index in [0.717, 1.165) is 43.8 Å². The van der Waals surface area contributed by atoms with Gasteiger partial charge >= 0.3 is 0 Å². The summed E-state index contributed by atoms with van der Waals surface area (Å²) in [7, 11) is 0. The molecule has 2 aliphatic carbocycles. The molecule has 4 unspecified atom stereocenters. The number of hydrogen-bond acceptors (Lipinski definition) is 2. The minimum Gasteiger partial charge on any atom is -0.381 e. The Bertz CT molecular complexity index is 245. The third-order valence-corrected chi connectivity index (χ3v) is 5.26. The maximum Gasteiger partial charge on any atom is 0.0483 e. The Morgan fingerprint density at radius 2 is 2.06 bits per heavy atom. The van der Waals surface area contributed by atoms with Gasteiger partial charge in [-0.1, -0.05) is 6.42 Å². The third kappa shape index (κ3) is 2.14. The van der Waals surface area contributed by atoms with E-state index >= 15 is 0 Å². The summed E-state index contributed by atoms with van der Waals surface area (Å²) >= 11 is 0. The highest BCUT2D eigenvalue weighted by Crippen LogP contribution is 2.51. The Morgan fingerprint density at radius 1 is 1.12 bits per heavy atom. The molecule has 3 fully saturated rings. The number of fused-ring (bicyclic) bond motifs is 2. The Kier molecular flexibility index (Phi) is 2.97. The van der Waals surface area contributed by atoms with E-state index in [9.17, 15) is 0 Å². The van der Waals surface area contributed by atoms with Gasteiger partial charge in [0.05, 0.1) is 0 Å². The Labute approximate surface area is 98.9 Å². The molecule has 1 heterocycles. The van der Waals surface area contributed by atoms with Crippen molar-refractivity contribution in [2.75, 3.05) is 13.2 Å². The first-order valence-electron chi connectivity index (χ1n) is 7.12. The lowest BCUT2D eigenvalue weighted by Crippen LogP contribution is -2.42. The average Bonchev–Trinajstić information content (AvgIpc) is 2.79. The molecule has 3 rings (SSSR count). The lowest BCUT2D eigenvalue weighted by molar-refractivity contribution is 0.135. The Hall–Kier alpha value is -0.0800. The zero-order valence-electron chi connectivity index (χ0n) is 10.3. The van der Waals surface area contributed by atoms with Gasteiger partial charge in [0.15, 0.2) is 0 Å². The van der Waals surface area contributed by atoms with Crippen molar-refractivity contribution < 1.29 is 4.74 Å². The molecule has 3 aliphatic rings. The van der Waals surface area contributed by atoms with Crippen LogP contribution in [0, 0.1) is 17.8 Å². The molecule has 0 amide bonds. The smallest absolute Gasteiger partial charge is 0.0483 e. The zero-order valence-corrected chi connectivity index (χ0v) is 10.3. The Balaban J connectivity index is 1.60. The molecule has 0 aromatic rings. The molecule has 0 aromatic carbocycles. The molecule has 16 heavy (non-hydrogen) atoms. The van der Waals surface area contributed by atoms with Gasteiger partial charge in [0.1, 0.15) is 0 Å². The van der Waals surface area contributed by atoms with Gasteiger partial charge in [0.25, 0.3) is 0 Å². The van der Waals surface area contributed by atoms with Crippen LogP contribution in [0.4, 0.5) is 0 Å². The molecule has 92 valence electrons. The molecule has 1 saturated heterocycles. The van der Waals surface area contributed by atoms with Crippen LogP contribution in [-0.4, -0.2) is 18.8 Å². The quantitative estimate of drug-likeness (QED) is 0.781. The van der Waals surface area contributed by atoms with Gasteiger partial charge in [-0.15, -0.1) is 0 Å². The van der Waals surface area contributed by atoms with Crippen molar-refractivity contribution in [2.24, 2.45) is 23.5 Å². The van der Waals surface area contributed by atoms with Gasteiger partial charge < -0.3 is 10.5 Å². The van der Waals surface area contributed by atoms with Crippen LogP contribution in [0.15, 0.2) is 0 Å². The van der Waals surface area contributed by atoms with Gasteiger partial charge in [-0.2, -0.15) is 0 Å². The number of rotatable bonds is 2. The van der Waals surface area contributed by atoms with Gasteiger partial charge in [-0.3, -0.25) is 0 Å². The minimum absolute atomic E-state index is 0.103. The van der Waals surface area contributed by atoms with E-state index in [4.69, 9.17) is 10.5 Å². The van der Waals surface area contributed by atoms with Crippen LogP contribution in [0.25, 0.3) is 0 Å². The standard InChI is InChI=1S/C14H25NO/c15-14(4-1-6-16-7-5-14)10-13-9-11-2-3-12(13)8-11/h11-13H,1-10,15H2. The molecule has 0 radical (unpaired) electrons. The second kappa shape index (κ2) is 4.30. The largest absolute Gasteiger partial charge is 0.381 e. The first kappa shape index (κ1) is 11.0. The van der Waals surface area contributed by atoms with Crippen LogP contribution in [0.5, 0.6) is 0 Å². The van der Waals surface area contributed by atoms with Crippen LogP contribution in [0.1, 0.15) is 51.4 Å². The van der Waals surface area contributed by atoms with Crippen LogP contribution < -0.4 is 5.73 Å². The summed E-state index contributed by atoms with van der Waals surface area (Å²) in [5, 5.41) is 0. The second-order valence-electron chi connectivity index (χ2n) is 6.47. The molecule has 2 heteroatoms. The first-order valence-corrected chi connectivity index (χ1v) is 7.12. The highest BCUT2D eigenvalue weighted by atomic mass is 16.5. The molecule has 4 atom stereocenters. The van der Waals surface area contributed by atoms with Crippen molar-refractivity contribution in [1.82, 2.24) is 0 Å². The molecular formula is C14H25NO. The minimum atomic E-state index is 0.103. The predicted octanol–water partition coefficient (Wildman–Crippen LogP) is 2.71. The lowest BCUT2D eigenvalue weighted by Gasteiger charge is -2.34. The van der Waals surface area contributed by atoms with Crippen molar-refractivity contribution in [3.05, 3.63) is 0 Å². The molecule has 1 aliphatic heterocycles. The fourth-order valence-electron chi connectivity index (χ4n) is 4.38. The van der Waals surface area contributed by atoms with Crippen LogP contribution >= 0.6 is 0 Å². The summed E-state index contributed by atoms with van der Waals surface area (Å²) in [5.41, 5.74) is 6.69. The Morgan fingerprint density at radius 3 is 2.81 bits per heavy atom. The zero-order chi connectivity index (χ0) is 11.0. The van der Waals surface area contributed by atoms with Crippen molar-refractivity contribution in [3.8, 4) is 0 Å². The van der Waals surface area contributed by atoms with E-state index in [1.165, 1.54) is 38.5 Å². The highest BCUT2D eigenvalue weighted by molar-refractivity contribution is 4.96. The summed E-state index contributed by atoms with van der Waals surface area (Å²) in [4.78, 5) is 0. The van der Waals surface area contributed by atoms with E-state index < -0.39 is 0 Å². The fraction of sp³-hybridized carbons (Fsp3) is 1.00. The summed E-state index contributed by atoms with van der Waals surface area (Å²) < 4.78 is 5.54. The number of hydrogen-bond donors (Lipinski definition) is 1. The van der Waals surface area contributed by atoms with Gasteiger partial charge in [0, 0.05) is 18.8 Å². The third-order valence-electron chi connectivity index (χ3n) is 5.26. The maximum atomic E-state index is 6.59. The first-order chi connectivity index (χ1) is 7.75. The van der Waals surface area contributed by atoms with Gasteiger partial charge in [0.2, 0.25) is 0 Å². The highest BCUT2D eigenvalue weighted by Gasteiger charge is 2.42. The van der Waals surface area contributed by atoms with Crippen molar-refractivity contribution in [3.63, 3.8) is 0 Å². The van der Waals surface area contributed by atoms with Gasteiger partial charge in [-0.25, -0.2) is 0 Å². The normalized spacial score (nSPS) is 48.2. The molecule has 2 nitrogen and oxygen atoms in total. The van der Waals surface area contributed by atoms with Gasteiger partial charge in [-0.05, 0) is 62.7 Å². The van der Waals surface area contributed by atoms with E-state index in [-0.39, 0.29) is 5.54 Å². The lowest BCUT2D eigenvalue weighted by atomic mass is 9.76. The monoisotopic (exact) mass is 223 g/mol. The number of nitrogens with two attached hydrogens (primary N) is 1. The van der Waals surface area contributed by atoms with Crippen LogP contribution in [0.3, 0.4) is 0 Å². The topological polar surface area (TPSA) is 35.2 Å². The molecular weight excluding hydrogens is 198 g/mol. The number of ether oxygens (including phenoxy) is 1. The van der Waals surface area contributed by atoms with Crippen molar-refractivity contribution >= 4 is 0 Å². The van der Waals surface area contributed by atoms with Crippen LogP contribution in [-0.2, 0) is 4.74 Å². The van der Waals surface area contributed by atoms with Crippen molar-refractivity contribution in [2.45, 2.75) is 56.9 Å².